The number of nitrogens with zero attached hydrogens (tertiary/aromatic N) is 1. The van der Waals surface area contributed by atoms with Gasteiger partial charge in [-0.3, -0.25) is 9.59 Å². The number of rotatable bonds is 5. The fourth-order valence-electron chi connectivity index (χ4n) is 2.65. The Labute approximate surface area is 124 Å². The van der Waals surface area contributed by atoms with E-state index in [0.717, 1.165) is 5.56 Å². The van der Waals surface area contributed by atoms with Crippen LogP contribution in [0.4, 0.5) is 0 Å². The second-order valence-corrected chi connectivity index (χ2v) is 5.48. The van der Waals surface area contributed by atoms with Crippen molar-refractivity contribution in [3.05, 3.63) is 35.4 Å². The van der Waals surface area contributed by atoms with Crippen LogP contribution in [0.5, 0.6) is 0 Å². The predicted molar refractivity (Wildman–Crippen MR) is 78.0 cm³/mol. The van der Waals surface area contributed by atoms with Crippen LogP contribution in [0.25, 0.3) is 0 Å². The molecule has 2 atom stereocenters. The Kier molecular flexibility index (Phi) is 4.96. The molecule has 1 N–H and O–H groups in total. The molecule has 1 fully saturated rings. The lowest BCUT2D eigenvalue weighted by molar-refractivity contribution is -0.144. The van der Waals surface area contributed by atoms with Crippen molar-refractivity contribution in [2.75, 3.05) is 20.3 Å². The third kappa shape index (κ3) is 3.61. The van der Waals surface area contributed by atoms with Crippen molar-refractivity contribution in [2.24, 2.45) is 5.92 Å². The van der Waals surface area contributed by atoms with Gasteiger partial charge in [-0.25, -0.2) is 0 Å². The number of ether oxygens (including phenoxy) is 1. The second-order valence-electron chi connectivity index (χ2n) is 5.48. The van der Waals surface area contributed by atoms with Crippen molar-refractivity contribution < 1.29 is 19.4 Å². The van der Waals surface area contributed by atoms with Gasteiger partial charge in [-0.05, 0) is 24.5 Å². The van der Waals surface area contributed by atoms with Crippen LogP contribution in [0.15, 0.2) is 24.3 Å². The highest BCUT2D eigenvalue weighted by atomic mass is 16.5. The molecule has 1 aliphatic rings. The highest BCUT2D eigenvalue weighted by Crippen LogP contribution is 2.20. The molecule has 21 heavy (non-hydrogen) atoms. The van der Waals surface area contributed by atoms with Gasteiger partial charge in [-0.15, -0.1) is 0 Å². The summed E-state index contributed by atoms with van der Waals surface area (Å²) < 4.78 is 5.21. The molecule has 0 spiro atoms. The van der Waals surface area contributed by atoms with Crippen LogP contribution in [0.2, 0.25) is 0 Å². The number of aryl methyl sites for hydroxylation is 2. The van der Waals surface area contributed by atoms with E-state index in [1.807, 2.05) is 31.2 Å². The standard InChI is InChI=1S/C16H21NO4/c1-11-5-3-4-6-12(11)7-8-15(18)17(2)14-10-21-9-13(14)16(19)20/h3-6,13-14H,7-10H2,1-2H3,(H,19,20). The molecule has 1 aromatic carbocycles. The number of carbonyl (C=O) groups excluding carboxylic acids is 1. The first-order valence-electron chi connectivity index (χ1n) is 7.11. The van der Waals surface area contributed by atoms with Crippen LogP contribution < -0.4 is 0 Å². The SMILES string of the molecule is Cc1ccccc1CCC(=O)N(C)C1COCC1C(=O)O. The van der Waals surface area contributed by atoms with Crippen molar-refractivity contribution in [1.82, 2.24) is 4.90 Å². The number of hydrogen-bond acceptors (Lipinski definition) is 3. The van der Waals surface area contributed by atoms with Crippen molar-refractivity contribution in [3.63, 3.8) is 0 Å². The average Bonchev–Trinajstić information content (AvgIpc) is 2.95. The number of carboxylic acid groups (broad SMARTS) is 1. The molecule has 1 aromatic rings. The molecule has 2 unspecified atom stereocenters. The molecule has 0 aromatic heterocycles. The van der Waals surface area contributed by atoms with Crippen molar-refractivity contribution >= 4 is 11.9 Å². The molecule has 1 saturated heterocycles. The van der Waals surface area contributed by atoms with E-state index in [2.05, 4.69) is 0 Å². The molecule has 2 rings (SSSR count). The van der Waals surface area contributed by atoms with Gasteiger partial charge >= 0.3 is 5.97 Å². The minimum Gasteiger partial charge on any atom is -0.481 e. The number of carbonyl (C=O) groups is 2. The van der Waals surface area contributed by atoms with Gasteiger partial charge in [-0.1, -0.05) is 24.3 Å². The molecule has 5 heteroatoms. The largest absolute Gasteiger partial charge is 0.481 e. The summed E-state index contributed by atoms with van der Waals surface area (Å²) in [5.41, 5.74) is 2.32. The highest BCUT2D eigenvalue weighted by molar-refractivity contribution is 5.78. The molecule has 5 nitrogen and oxygen atoms in total. The minimum atomic E-state index is -0.906. The first kappa shape index (κ1) is 15.5. The smallest absolute Gasteiger partial charge is 0.311 e. The van der Waals surface area contributed by atoms with Crippen molar-refractivity contribution in [2.45, 2.75) is 25.8 Å². The monoisotopic (exact) mass is 291 g/mol. The van der Waals surface area contributed by atoms with Gasteiger partial charge in [0.25, 0.3) is 0 Å². The number of hydrogen-bond donors (Lipinski definition) is 1. The normalized spacial score (nSPS) is 21.2. The summed E-state index contributed by atoms with van der Waals surface area (Å²) in [7, 11) is 1.66. The average molecular weight is 291 g/mol. The van der Waals surface area contributed by atoms with Crippen LogP contribution in [0, 0.1) is 12.8 Å². The molecule has 1 aliphatic heterocycles. The van der Waals surface area contributed by atoms with Crippen LogP contribution >= 0.6 is 0 Å². The second kappa shape index (κ2) is 6.72. The van der Waals surface area contributed by atoms with Crippen LogP contribution in [-0.2, 0) is 20.7 Å². The molecule has 1 amide bonds. The van der Waals surface area contributed by atoms with Crippen LogP contribution in [0.1, 0.15) is 17.5 Å². The van der Waals surface area contributed by atoms with E-state index >= 15 is 0 Å². The third-order valence-electron chi connectivity index (χ3n) is 4.13. The Balaban J connectivity index is 1.94. The molecule has 0 saturated carbocycles. The summed E-state index contributed by atoms with van der Waals surface area (Å²) in [5.74, 6) is -1.58. The van der Waals surface area contributed by atoms with Crippen LogP contribution in [-0.4, -0.2) is 48.2 Å². The summed E-state index contributed by atoms with van der Waals surface area (Å²) in [6.07, 6.45) is 1.05. The Morgan fingerprint density at radius 2 is 2.05 bits per heavy atom. The zero-order valence-corrected chi connectivity index (χ0v) is 12.4. The molecule has 114 valence electrons. The quantitative estimate of drug-likeness (QED) is 0.892. The van der Waals surface area contributed by atoms with Gasteiger partial charge in [0, 0.05) is 13.5 Å². The number of benzene rings is 1. The molecule has 1 heterocycles. The van der Waals surface area contributed by atoms with Gasteiger partial charge in [0.1, 0.15) is 5.92 Å². The Bertz CT molecular complexity index is 529. The Hall–Kier alpha value is -1.88. The van der Waals surface area contributed by atoms with E-state index in [1.165, 1.54) is 10.5 Å². The molecular weight excluding hydrogens is 270 g/mol. The van der Waals surface area contributed by atoms with E-state index in [9.17, 15) is 9.59 Å². The van der Waals surface area contributed by atoms with Gasteiger partial charge < -0.3 is 14.7 Å². The molecular formula is C16H21NO4. The fourth-order valence-corrected chi connectivity index (χ4v) is 2.65. The molecule has 0 bridgehead atoms. The molecule has 0 radical (unpaired) electrons. The first-order chi connectivity index (χ1) is 10.0. The van der Waals surface area contributed by atoms with Crippen molar-refractivity contribution in [3.8, 4) is 0 Å². The summed E-state index contributed by atoms with van der Waals surface area (Å²) in [4.78, 5) is 24.9. The number of likely N-dealkylation sites (N-methyl/N-ethyl adjacent to an activating group) is 1. The maximum Gasteiger partial charge on any atom is 0.311 e. The maximum atomic E-state index is 12.3. The topological polar surface area (TPSA) is 66.8 Å². The maximum absolute atomic E-state index is 12.3. The summed E-state index contributed by atoms with van der Waals surface area (Å²) in [6.45, 7) is 2.49. The predicted octanol–water partition coefficient (Wildman–Crippen LogP) is 1.49. The van der Waals surface area contributed by atoms with E-state index in [1.54, 1.807) is 7.05 Å². The van der Waals surface area contributed by atoms with E-state index in [0.29, 0.717) is 19.4 Å². The van der Waals surface area contributed by atoms with Crippen LogP contribution in [0.3, 0.4) is 0 Å². The first-order valence-corrected chi connectivity index (χ1v) is 7.11. The summed E-state index contributed by atoms with van der Waals surface area (Å²) >= 11 is 0. The third-order valence-corrected chi connectivity index (χ3v) is 4.13. The lowest BCUT2D eigenvalue weighted by atomic mass is 10.0. The van der Waals surface area contributed by atoms with E-state index in [-0.39, 0.29) is 18.6 Å². The Morgan fingerprint density at radius 1 is 1.33 bits per heavy atom. The van der Waals surface area contributed by atoms with Crippen molar-refractivity contribution in [1.29, 1.82) is 0 Å². The van der Waals surface area contributed by atoms with Gasteiger partial charge in [0.05, 0.1) is 19.3 Å². The zero-order chi connectivity index (χ0) is 15.4. The highest BCUT2D eigenvalue weighted by Gasteiger charge is 2.38. The van der Waals surface area contributed by atoms with E-state index in [4.69, 9.17) is 9.84 Å². The number of amides is 1. The lowest BCUT2D eigenvalue weighted by Crippen LogP contribution is -2.44. The number of aliphatic carboxylic acids is 1. The Morgan fingerprint density at radius 3 is 2.71 bits per heavy atom. The molecule has 0 aliphatic carbocycles. The lowest BCUT2D eigenvalue weighted by Gasteiger charge is -2.26. The fraction of sp³-hybridized carbons (Fsp3) is 0.500. The summed E-state index contributed by atoms with van der Waals surface area (Å²) in [5, 5.41) is 9.14. The van der Waals surface area contributed by atoms with E-state index < -0.39 is 11.9 Å². The van der Waals surface area contributed by atoms with Gasteiger partial charge in [0.15, 0.2) is 0 Å². The summed E-state index contributed by atoms with van der Waals surface area (Å²) in [6, 6.07) is 7.60. The minimum absolute atomic E-state index is 0.0417. The van der Waals surface area contributed by atoms with Gasteiger partial charge in [0.2, 0.25) is 5.91 Å². The number of carboxylic acids is 1. The zero-order valence-electron chi connectivity index (χ0n) is 12.4. The van der Waals surface area contributed by atoms with Gasteiger partial charge in [-0.2, -0.15) is 0 Å².